The minimum Gasteiger partial charge on any atom is -0.490 e. The fourth-order valence-electron chi connectivity index (χ4n) is 4.70. The van der Waals surface area contributed by atoms with Gasteiger partial charge in [-0.1, -0.05) is 78.6 Å². The molecule has 0 aromatic heterocycles. The van der Waals surface area contributed by atoms with Crippen LogP contribution in [0.4, 0.5) is 0 Å². The highest BCUT2D eigenvalue weighted by atomic mass is 16.6. The Kier molecular flexibility index (Phi) is 16.2. The summed E-state index contributed by atoms with van der Waals surface area (Å²) < 4.78 is 24.3. The number of benzene rings is 1. The second-order valence-electron chi connectivity index (χ2n) is 10.6. The molecule has 7 nitrogen and oxygen atoms in total. The Morgan fingerprint density at radius 2 is 1.13 bits per heavy atom. The molecule has 1 aliphatic rings. The predicted octanol–water partition coefficient (Wildman–Crippen LogP) is 7.00. The molecular formula is C31H52O7. The molecule has 0 amide bonds. The van der Waals surface area contributed by atoms with Crippen molar-refractivity contribution in [2.45, 2.75) is 135 Å². The number of carbonyl (C=O) groups is 1. The van der Waals surface area contributed by atoms with Crippen LogP contribution >= 0.6 is 0 Å². The van der Waals surface area contributed by atoms with Gasteiger partial charge in [0.2, 0.25) is 5.75 Å². The van der Waals surface area contributed by atoms with Crippen LogP contribution in [0.3, 0.4) is 0 Å². The number of aliphatic hydroxyl groups excluding tert-OH is 2. The number of hydrogen-bond acceptors (Lipinski definition) is 7. The van der Waals surface area contributed by atoms with Crippen LogP contribution in [-0.4, -0.2) is 54.3 Å². The van der Waals surface area contributed by atoms with Crippen LogP contribution in [0.15, 0.2) is 12.1 Å². The largest absolute Gasteiger partial charge is 0.490 e. The number of hydrogen-bond donors (Lipinski definition) is 2. The minimum absolute atomic E-state index is 0.310. The Balaban J connectivity index is 2.23. The summed E-state index contributed by atoms with van der Waals surface area (Å²) in [6.07, 6.45) is 12.0. The van der Waals surface area contributed by atoms with Crippen molar-refractivity contribution in [1.82, 2.24) is 0 Å². The van der Waals surface area contributed by atoms with Crippen LogP contribution in [0.5, 0.6) is 17.2 Å². The van der Waals surface area contributed by atoms with Gasteiger partial charge < -0.3 is 29.2 Å². The van der Waals surface area contributed by atoms with E-state index in [2.05, 4.69) is 20.8 Å². The monoisotopic (exact) mass is 536 g/mol. The molecule has 0 heterocycles. The Morgan fingerprint density at radius 1 is 0.684 bits per heavy atom. The molecule has 0 unspecified atom stereocenters. The molecule has 1 saturated carbocycles. The first-order valence-corrected chi connectivity index (χ1v) is 15.1. The summed E-state index contributed by atoms with van der Waals surface area (Å²) in [5, 5.41) is 20.0. The third-order valence-electron chi connectivity index (χ3n) is 6.90. The zero-order valence-corrected chi connectivity index (χ0v) is 24.1. The maximum absolute atomic E-state index is 13.2. The number of unbranched alkanes of at least 4 members (excludes halogenated alkanes) is 9. The van der Waals surface area contributed by atoms with E-state index in [1.54, 1.807) is 12.1 Å². The average Bonchev–Trinajstić information content (AvgIpc) is 2.88. The Labute approximate surface area is 230 Å². The molecule has 3 atom stereocenters. The Hall–Kier alpha value is -1.99. The van der Waals surface area contributed by atoms with Crippen LogP contribution in [0.1, 0.15) is 127 Å². The Morgan fingerprint density at radius 3 is 1.58 bits per heavy atom. The maximum atomic E-state index is 13.2. The standard InChI is InChI=1S/C31H52O7/c1-4-7-10-13-16-35-28-19-24(31(34)38-27-22-25(32)21-26(33)23-27)20-29(36-17-14-11-8-5-2)30(28)37-18-15-12-9-6-3/h19-20,25-27,32-33H,4-18,21-23H2,1-3H3/t25-,26+,27-. The normalized spacial score (nSPS) is 19.2. The molecule has 218 valence electrons. The second-order valence-corrected chi connectivity index (χ2v) is 10.6. The highest BCUT2D eigenvalue weighted by molar-refractivity contribution is 5.91. The molecule has 2 N–H and O–H groups in total. The number of ether oxygens (including phenoxy) is 4. The molecule has 38 heavy (non-hydrogen) atoms. The van der Waals surface area contributed by atoms with E-state index in [1.807, 2.05) is 0 Å². The van der Waals surface area contributed by atoms with Crippen molar-refractivity contribution in [3.8, 4) is 17.2 Å². The second kappa shape index (κ2) is 19.1. The van der Waals surface area contributed by atoms with Gasteiger partial charge in [-0.15, -0.1) is 0 Å². The van der Waals surface area contributed by atoms with Crippen molar-refractivity contribution in [3.05, 3.63) is 17.7 Å². The molecule has 0 spiro atoms. The van der Waals surface area contributed by atoms with Crippen molar-refractivity contribution >= 4 is 5.97 Å². The van der Waals surface area contributed by atoms with Crippen molar-refractivity contribution in [2.75, 3.05) is 19.8 Å². The van der Waals surface area contributed by atoms with Crippen molar-refractivity contribution in [3.63, 3.8) is 0 Å². The predicted molar refractivity (Wildman–Crippen MR) is 150 cm³/mol. The van der Waals surface area contributed by atoms with Crippen LogP contribution in [0.25, 0.3) is 0 Å². The summed E-state index contributed by atoms with van der Waals surface area (Å²) in [4.78, 5) is 13.2. The third kappa shape index (κ3) is 12.2. The SMILES string of the molecule is CCCCCCOc1cc(C(=O)O[C@@H]2C[C@H](O)C[C@H](O)C2)cc(OCCCCCC)c1OCCCCCC. The average molecular weight is 537 g/mol. The summed E-state index contributed by atoms with van der Waals surface area (Å²) >= 11 is 0. The summed E-state index contributed by atoms with van der Waals surface area (Å²) in [7, 11) is 0. The Bertz CT molecular complexity index is 736. The van der Waals surface area contributed by atoms with Gasteiger partial charge in [-0.3, -0.25) is 0 Å². The number of esters is 1. The molecule has 0 saturated heterocycles. The van der Waals surface area contributed by atoms with Crippen molar-refractivity contribution in [2.24, 2.45) is 0 Å². The van der Waals surface area contributed by atoms with E-state index in [1.165, 1.54) is 6.42 Å². The van der Waals surface area contributed by atoms with Crippen LogP contribution in [0, 0.1) is 0 Å². The summed E-state index contributed by atoms with van der Waals surface area (Å²) in [5.41, 5.74) is 0.324. The third-order valence-corrected chi connectivity index (χ3v) is 6.90. The minimum atomic E-state index is -0.677. The number of aliphatic hydroxyl groups is 2. The molecule has 1 fully saturated rings. The maximum Gasteiger partial charge on any atom is 0.338 e. The quantitative estimate of drug-likeness (QED) is 0.137. The summed E-state index contributed by atoms with van der Waals surface area (Å²) in [5.74, 6) is 1.03. The molecule has 7 heteroatoms. The molecule has 0 bridgehead atoms. The zero-order chi connectivity index (χ0) is 27.6. The molecular weight excluding hydrogens is 484 g/mol. The van der Waals surface area contributed by atoms with E-state index < -0.39 is 24.3 Å². The highest BCUT2D eigenvalue weighted by Crippen LogP contribution is 2.40. The van der Waals surface area contributed by atoms with E-state index in [9.17, 15) is 15.0 Å². The fraction of sp³-hybridized carbons (Fsp3) is 0.774. The number of rotatable bonds is 20. The van der Waals surface area contributed by atoms with E-state index in [0.717, 1.165) is 70.6 Å². The molecule has 1 aromatic rings. The first kappa shape index (κ1) is 32.2. The zero-order valence-electron chi connectivity index (χ0n) is 24.1. The lowest BCUT2D eigenvalue weighted by atomic mass is 9.92. The molecule has 0 radical (unpaired) electrons. The fourth-order valence-corrected chi connectivity index (χ4v) is 4.70. The summed E-state index contributed by atoms with van der Waals surface area (Å²) in [6.45, 7) is 8.15. The van der Waals surface area contributed by atoms with Crippen molar-refractivity contribution in [1.29, 1.82) is 0 Å². The molecule has 1 aliphatic carbocycles. The first-order chi connectivity index (χ1) is 18.5. The van der Waals surface area contributed by atoms with Gasteiger partial charge in [-0.2, -0.15) is 0 Å². The van der Waals surface area contributed by atoms with Gasteiger partial charge in [-0.05, 0) is 37.8 Å². The van der Waals surface area contributed by atoms with Crippen molar-refractivity contribution < 1.29 is 34.0 Å². The van der Waals surface area contributed by atoms with Crippen LogP contribution in [-0.2, 0) is 4.74 Å². The lowest BCUT2D eigenvalue weighted by Gasteiger charge is -2.29. The smallest absolute Gasteiger partial charge is 0.338 e. The van der Waals surface area contributed by atoms with Gasteiger partial charge in [0.1, 0.15) is 6.10 Å². The molecule has 1 aromatic carbocycles. The molecule has 2 rings (SSSR count). The molecule has 0 aliphatic heterocycles. The van der Waals surface area contributed by atoms with Crippen LogP contribution in [0.2, 0.25) is 0 Å². The summed E-state index contributed by atoms with van der Waals surface area (Å²) in [6, 6.07) is 3.37. The van der Waals surface area contributed by atoms with Gasteiger partial charge in [0.25, 0.3) is 0 Å². The first-order valence-electron chi connectivity index (χ1n) is 15.1. The van der Waals surface area contributed by atoms with Gasteiger partial charge >= 0.3 is 5.97 Å². The van der Waals surface area contributed by atoms with Gasteiger partial charge in [0.15, 0.2) is 11.5 Å². The number of carbonyl (C=O) groups excluding carboxylic acids is 1. The van der Waals surface area contributed by atoms with E-state index >= 15 is 0 Å². The van der Waals surface area contributed by atoms with E-state index in [0.29, 0.717) is 61.9 Å². The van der Waals surface area contributed by atoms with E-state index in [-0.39, 0.29) is 0 Å². The van der Waals surface area contributed by atoms with Crippen LogP contribution < -0.4 is 14.2 Å². The van der Waals surface area contributed by atoms with E-state index in [4.69, 9.17) is 18.9 Å². The lowest BCUT2D eigenvalue weighted by Crippen LogP contribution is -2.35. The van der Waals surface area contributed by atoms with Gasteiger partial charge in [0.05, 0.1) is 37.6 Å². The van der Waals surface area contributed by atoms with Gasteiger partial charge in [-0.25, -0.2) is 4.79 Å². The van der Waals surface area contributed by atoms with Gasteiger partial charge in [0, 0.05) is 12.8 Å². The highest BCUT2D eigenvalue weighted by Gasteiger charge is 2.30. The lowest BCUT2D eigenvalue weighted by molar-refractivity contribution is -0.0408. The topological polar surface area (TPSA) is 94.5 Å².